The molecule has 0 aromatic heterocycles. The summed E-state index contributed by atoms with van der Waals surface area (Å²) < 4.78 is 110. The number of hydrogen-bond acceptors (Lipinski definition) is 4. The monoisotopic (exact) mass is 793 g/mol. The first-order valence-electron chi connectivity index (χ1n) is 17.8. The Balaban J connectivity index is 1.60. The van der Waals surface area contributed by atoms with Crippen LogP contribution in [0.5, 0.6) is 0 Å². The van der Waals surface area contributed by atoms with Crippen molar-refractivity contribution >= 4 is 58.7 Å². The van der Waals surface area contributed by atoms with Gasteiger partial charge >= 0.3 is 11.7 Å². The molecule has 55 heavy (non-hydrogen) atoms. The molecule has 1 unspecified atom stereocenters. The van der Waals surface area contributed by atoms with Crippen molar-refractivity contribution in [1.82, 2.24) is 0 Å². The van der Waals surface area contributed by atoms with Gasteiger partial charge in [0.15, 0.2) is 5.78 Å². The van der Waals surface area contributed by atoms with Crippen LogP contribution < -0.4 is 10.1 Å². The van der Waals surface area contributed by atoms with Crippen LogP contribution >= 0.6 is 0 Å². The summed E-state index contributed by atoms with van der Waals surface area (Å²) in [6.07, 6.45) is -2.02. The Morgan fingerprint density at radius 3 is 2.11 bits per heavy atom. The Morgan fingerprint density at radius 2 is 1.47 bits per heavy atom. The van der Waals surface area contributed by atoms with Gasteiger partial charge in [-0.2, -0.15) is 30.9 Å². The fourth-order valence-electron chi connectivity index (χ4n) is 7.44. The fraction of sp³-hybridized carbons (Fsp3) is 0.238. The van der Waals surface area contributed by atoms with Crippen LogP contribution in [0, 0.1) is 13.8 Å². The lowest BCUT2D eigenvalue weighted by Crippen LogP contribution is -2.42. The highest BCUT2D eigenvalue weighted by molar-refractivity contribution is 7.93. The first-order valence-corrected chi connectivity index (χ1v) is 20.7. The normalized spacial score (nSPS) is 16.4. The van der Waals surface area contributed by atoms with Crippen LogP contribution in [-0.2, 0) is 9.84 Å². The summed E-state index contributed by atoms with van der Waals surface area (Å²) in [5.74, 6) is -1.77. The third-order valence-electron chi connectivity index (χ3n) is 10.0. The zero-order chi connectivity index (χ0) is 39.9. The fourth-order valence-corrected chi connectivity index (χ4v) is 10.6. The Kier molecular flexibility index (Phi) is 11.0. The summed E-state index contributed by atoms with van der Waals surface area (Å²) in [5, 5.41) is -1.53. The molecule has 6 rings (SSSR count). The molecule has 0 amide bonds. The Labute approximate surface area is 318 Å². The van der Waals surface area contributed by atoms with Gasteiger partial charge in [0.1, 0.15) is 11.8 Å². The van der Waals surface area contributed by atoms with Crippen LogP contribution in [0.25, 0.3) is 5.57 Å². The van der Waals surface area contributed by atoms with E-state index < -0.39 is 54.1 Å². The highest BCUT2D eigenvalue weighted by Crippen LogP contribution is 2.41. The standard InChI is InChI=1S/C42H39F6N2O3SSi/c1-5-49(34-17-11-7-13-26(34)3)28-19-21-32-37(23-28)55-38-24-29(50(6-2)35-18-12-8-14-27(35)4)20-22-33(38)39(32)30-15-9-10-16-31(30)40(51)36(25-41(43,44)45)54(52,53)42(46,47)48/h7-24,36H,5-6,25,55H2,1-4H3/q+1. The molecule has 0 bridgehead atoms. The lowest BCUT2D eigenvalue weighted by molar-refractivity contribution is -0.435. The molecule has 0 N–H and O–H groups in total. The molecule has 1 aliphatic carbocycles. The topological polar surface area (TPSA) is 57.5 Å². The molecular weight excluding hydrogens is 755 g/mol. The Bertz CT molecular complexity index is 2410. The second-order valence-electron chi connectivity index (χ2n) is 13.5. The van der Waals surface area contributed by atoms with Gasteiger partial charge in [-0.3, -0.25) is 4.79 Å². The predicted octanol–water partition coefficient (Wildman–Crippen LogP) is 8.77. The number of ketones is 1. The minimum Gasteiger partial charge on any atom is -0.342 e. The molecule has 2 aliphatic rings. The smallest absolute Gasteiger partial charge is 0.342 e. The summed E-state index contributed by atoms with van der Waals surface area (Å²) >= 11 is 0. The lowest BCUT2D eigenvalue weighted by atomic mass is 9.85. The number of Topliss-reactive ketones (excluding diaryl/α,β-unsaturated/α-hetero) is 1. The van der Waals surface area contributed by atoms with Gasteiger partial charge in [-0.25, -0.2) is 8.42 Å². The number of benzene rings is 4. The van der Waals surface area contributed by atoms with Crippen molar-refractivity contribution in [1.29, 1.82) is 0 Å². The number of halogens is 6. The SMILES string of the molecule is CCN(c1ccc2c(c1)[SiH2]C1=C/C(=[N+](\CC)c3ccccc3C)C=CC1=C2c1ccccc1C(=O)C(CC(F)(F)F)S(=O)(=O)C(F)(F)F)c1ccccc1C. The summed E-state index contributed by atoms with van der Waals surface area (Å²) in [6.45, 7) is 9.36. The number of carbonyl (C=O) groups is 1. The number of carbonyl (C=O) groups excluding carboxylic acids is 1. The highest BCUT2D eigenvalue weighted by atomic mass is 32.2. The zero-order valence-electron chi connectivity index (χ0n) is 30.6. The zero-order valence-corrected chi connectivity index (χ0v) is 32.8. The van der Waals surface area contributed by atoms with Crippen LogP contribution in [0.2, 0.25) is 0 Å². The summed E-state index contributed by atoms with van der Waals surface area (Å²) in [7, 11) is -7.86. The van der Waals surface area contributed by atoms with E-state index in [-0.39, 0.29) is 5.56 Å². The van der Waals surface area contributed by atoms with Crippen LogP contribution in [-0.4, -0.2) is 64.0 Å². The number of anilines is 2. The van der Waals surface area contributed by atoms with E-state index in [2.05, 4.69) is 21.6 Å². The number of fused-ring (bicyclic) bond motifs is 2. The van der Waals surface area contributed by atoms with Crippen LogP contribution in [0.4, 0.5) is 43.4 Å². The number of aryl methyl sites for hydroxylation is 2. The maximum atomic E-state index is 13.9. The van der Waals surface area contributed by atoms with Crippen molar-refractivity contribution in [3.05, 3.63) is 148 Å². The first-order chi connectivity index (χ1) is 26.0. The van der Waals surface area contributed by atoms with E-state index in [4.69, 9.17) is 0 Å². The molecular formula is C42H39F6N2O3SSi+. The van der Waals surface area contributed by atoms with E-state index in [0.717, 1.165) is 50.4 Å². The molecule has 0 fully saturated rings. The van der Waals surface area contributed by atoms with Gasteiger partial charge in [0, 0.05) is 47.3 Å². The van der Waals surface area contributed by atoms with Gasteiger partial charge < -0.3 is 4.90 Å². The van der Waals surface area contributed by atoms with E-state index >= 15 is 0 Å². The van der Waals surface area contributed by atoms with Gasteiger partial charge in [0.25, 0.3) is 9.84 Å². The number of rotatable bonds is 10. The number of hydrogen-bond donors (Lipinski definition) is 0. The van der Waals surface area contributed by atoms with Crippen molar-refractivity contribution in [2.24, 2.45) is 0 Å². The highest BCUT2D eigenvalue weighted by Gasteiger charge is 2.56. The van der Waals surface area contributed by atoms with Crippen LogP contribution in [0.15, 0.2) is 120 Å². The molecule has 0 saturated carbocycles. The van der Waals surface area contributed by atoms with Gasteiger partial charge in [-0.1, -0.05) is 71.9 Å². The molecule has 286 valence electrons. The number of allylic oxidation sites excluding steroid dienone is 5. The first kappa shape index (κ1) is 39.7. The molecule has 0 spiro atoms. The molecule has 4 aromatic carbocycles. The second kappa shape index (κ2) is 15.3. The van der Waals surface area contributed by atoms with E-state index in [1.54, 1.807) is 0 Å². The molecule has 1 atom stereocenters. The van der Waals surface area contributed by atoms with E-state index in [0.29, 0.717) is 29.8 Å². The van der Waals surface area contributed by atoms with Crippen molar-refractivity contribution in [2.75, 3.05) is 18.0 Å². The maximum absolute atomic E-state index is 13.9. The average Bonchev–Trinajstić information content (AvgIpc) is 3.13. The predicted molar refractivity (Wildman–Crippen MR) is 209 cm³/mol. The summed E-state index contributed by atoms with van der Waals surface area (Å²) in [6, 6.07) is 27.1. The lowest BCUT2D eigenvalue weighted by Gasteiger charge is -2.30. The Hall–Kier alpha value is -5.01. The van der Waals surface area contributed by atoms with Gasteiger partial charge in [-0.15, -0.1) is 0 Å². The second-order valence-corrected chi connectivity index (χ2v) is 17.5. The molecule has 1 aliphatic heterocycles. The summed E-state index contributed by atoms with van der Waals surface area (Å²) in [4.78, 5) is 16.1. The van der Waals surface area contributed by atoms with Crippen molar-refractivity contribution in [2.45, 2.75) is 51.1 Å². The molecule has 0 saturated heterocycles. The van der Waals surface area contributed by atoms with Crippen molar-refractivity contribution < 1.29 is 44.1 Å². The average molecular weight is 794 g/mol. The van der Waals surface area contributed by atoms with Crippen molar-refractivity contribution in [3.8, 4) is 0 Å². The van der Waals surface area contributed by atoms with Gasteiger partial charge in [0.2, 0.25) is 11.4 Å². The summed E-state index contributed by atoms with van der Waals surface area (Å²) in [5.41, 5.74) is 1.11. The van der Waals surface area contributed by atoms with E-state index in [1.165, 1.54) is 18.2 Å². The largest absolute Gasteiger partial charge is 0.498 e. The minimum atomic E-state index is -6.57. The molecule has 13 heteroatoms. The van der Waals surface area contributed by atoms with E-state index in [9.17, 15) is 39.6 Å². The van der Waals surface area contributed by atoms with Crippen molar-refractivity contribution in [3.63, 3.8) is 0 Å². The number of para-hydroxylation sites is 2. The van der Waals surface area contributed by atoms with E-state index in [1.807, 2.05) is 101 Å². The van der Waals surface area contributed by atoms with Crippen LogP contribution in [0.1, 0.15) is 52.9 Å². The number of sulfone groups is 1. The Morgan fingerprint density at radius 1 is 0.818 bits per heavy atom. The number of alkyl halides is 6. The van der Waals surface area contributed by atoms with Gasteiger partial charge in [0.05, 0.1) is 15.9 Å². The molecule has 1 heterocycles. The number of nitrogens with zero attached hydrogens (tertiary/aromatic N) is 2. The van der Waals surface area contributed by atoms with Gasteiger partial charge in [-0.05, 0) is 85.0 Å². The third-order valence-corrected chi connectivity index (χ3v) is 13.7. The quantitative estimate of drug-likeness (QED) is 0.0698. The third kappa shape index (κ3) is 7.77. The minimum absolute atomic E-state index is 0.0475. The molecule has 0 radical (unpaired) electrons. The van der Waals surface area contributed by atoms with Crippen LogP contribution in [0.3, 0.4) is 0 Å². The molecule has 5 nitrogen and oxygen atoms in total. The molecule has 4 aromatic rings. The maximum Gasteiger partial charge on any atom is 0.498 e.